The maximum atomic E-state index is 6.12. The number of benzene rings is 2. The lowest BCUT2D eigenvalue weighted by Gasteiger charge is -2.06. The van der Waals surface area contributed by atoms with Crippen LogP contribution in [0.3, 0.4) is 0 Å². The van der Waals surface area contributed by atoms with Crippen molar-refractivity contribution < 1.29 is 0 Å². The van der Waals surface area contributed by atoms with Crippen LogP contribution in [0.15, 0.2) is 65.8 Å². The van der Waals surface area contributed by atoms with Gasteiger partial charge in [0.1, 0.15) is 0 Å². The SMILES string of the molecule is Cc1c(Cl)cccc1N=Cc1cccn1-c1ccc(Cl)cc1. The molecule has 110 valence electrons. The largest absolute Gasteiger partial charge is 0.316 e. The summed E-state index contributed by atoms with van der Waals surface area (Å²) in [5.74, 6) is 0. The first-order chi connectivity index (χ1) is 10.6. The van der Waals surface area contributed by atoms with Gasteiger partial charge < -0.3 is 4.57 Å². The van der Waals surface area contributed by atoms with Crippen molar-refractivity contribution in [2.24, 2.45) is 4.99 Å². The zero-order chi connectivity index (χ0) is 15.5. The Morgan fingerprint density at radius 1 is 0.955 bits per heavy atom. The predicted octanol–water partition coefficient (Wildman–Crippen LogP) is 5.84. The van der Waals surface area contributed by atoms with Crippen LogP contribution < -0.4 is 0 Å². The number of halogens is 2. The van der Waals surface area contributed by atoms with Crippen LogP contribution in [0.1, 0.15) is 11.3 Å². The Labute approximate surface area is 139 Å². The van der Waals surface area contributed by atoms with E-state index in [0.29, 0.717) is 0 Å². The molecule has 0 unspecified atom stereocenters. The van der Waals surface area contributed by atoms with Crippen LogP contribution in [0, 0.1) is 6.92 Å². The van der Waals surface area contributed by atoms with Gasteiger partial charge in [-0.2, -0.15) is 0 Å². The molecule has 4 heteroatoms. The van der Waals surface area contributed by atoms with E-state index in [1.165, 1.54) is 0 Å². The number of aromatic nitrogens is 1. The lowest BCUT2D eigenvalue weighted by Crippen LogP contribution is -1.97. The minimum atomic E-state index is 0.723. The molecule has 3 rings (SSSR count). The summed E-state index contributed by atoms with van der Waals surface area (Å²) in [6.45, 7) is 1.97. The van der Waals surface area contributed by atoms with Crippen LogP contribution >= 0.6 is 23.2 Å². The Morgan fingerprint density at radius 3 is 2.50 bits per heavy atom. The molecule has 22 heavy (non-hydrogen) atoms. The third kappa shape index (κ3) is 3.08. The molecule has 0 saturated carbocycles. The Kier molecular flexibility index (Phi) is 4.32. The first-order valence-electron chi connectivity index (χ1n) is 6.87. The van der Waals surface area contributed by atoms with Gasteiger partial charge in [0.25, 0.3) is 0 Å². The normalized spacial score (nSPS) is 11.2. The minimum Gasteiger partial charge on any atom is -0.316 e. The first-order valence-corrected chi connectivity index (χ1v) is 7.63. The summed E-state index contributed by atoms with van der Waals surface area (Å²) < 4.78 is 2.06. The van der Waals surface area contributed by atoms with E-state index >= 15 is 0 Å². The fourth-order valence-corrected chi connectivity index (χ4v) is 2.50. The van der Waals surface area contributed by atoms with Crippen molar-refractivity contribution in [2.75, 3.05) is 0 Å². The highest BCUT2D eigenvalue weighted by atomic mass is 35.5. The number of nitrogens with zero attached hydrogens (tertiary/aromatic N) is 2. The standard InChI is InChI=1S/C18H14Cl2N2/c1-13-17(20)5-2-6-18(13)21-12-16-4-3-11-22(16)15-9-7-14(19)8-10-15/h2-12H,1H3. The molecule has 0 spiro atoms. The van der Waals surface area contributed by atoms with Crippen molar-refractivity contribution in [3.63, 3.8) is 0 Å². The quantitative estimate of drug-likeness (QED) is 0.537. The van der Waals surface area contributed by atoms with Gasteiger partial charge >= 0.3 is 0 Å². The molecule has 0 bridgehead atoms. The van der Waals surface area contributed by atoms with E-state index < -0.39 is 0 Å². The predicted molar refractivity (Wildman–Crippen MR) is 94.2 cm³/mol. The molecule has 0 saturated heterocycles. The highest BCUT2D eigenvalue weighted by Gasteiger charge is 2.03. The summed E-state index contributed by atoms with van der Waals surface area (Å²) in [6, 6.07) is 17.4. The van der Waals surface area contributed by atoms with Gasteiger partial charge in [0.05, 0.1) is 17.6 Å². The van der Waals surface area contributed by atoms with E-state index in [4.69, 9.17) is 23.2 Å². The van der Waals surface area contributed by atoms with Crippen LogP contribution in [-0.4, -0.2) is 10.8 Å². The molecule has 0 aliphatic carbocycles. The Balaban J connectivity index is 1.94. The molecule has 0 aliphatic rings. The van der Waals surface area contributed by atoms with Crippen molar-refractivity contribution in [3.05, 3.63) is 82.1 Å². The van der Waals surface area contributed by atoms with Crippen molar-refractivity contribution in [2.45, 2.75) is 6.92 Å². The topological polar surface area (TPSA) is 17.3 Å². The number of rotatable bonds is 3. The van der Waals surface area contributed by atoms with Gasteiger partial charge in [-0.3, -0.25) is 4.99 Å². The molecule has 1 heterocycles. The summed E-state index contributed by atoms with van der Waals surface area (Å²) in [5, 5.41) is 1.45. The molecule has 2 aromatic carbocycles. The lowest BCUT2D eigenvalue weighted by atomic mass is 10.2. The summed E-state index contributed by atoms with van der Waals surface area (Å²) in [4.78, 5) is 4.56. The zero-order valence-corrected chi connectivity index (χ0v) is 13.5. The van der Waals surface area contributed by atoms with Gasteiger partial charge in [0.2, 0.25) is 0 Å². The van der Waals surface area contributed by atoms with E-state index in [-0.39, 0.29) is 0 Å². The second-order valence-electron chi connectivity index (χ2n) is 4.92. The molecule has 1 aromatic heterocycles. The number of aliphatic imine (C=N–C) groups is 1. The highest BCUT2D eigenvalue weighted by Crippen LogP contribution is 2.25. The molecule has 0 atom stereocenters. The minimum absolute atomic E-state index is 0.723. The molecule has 2 nitrogen and oxygen atoms in total. The molecule has 0 N–H and O–H groups in total. The van der Waals surface area contributed by atoms with E-state index in [9.17, 15) is 0 Å². The molecule has 0 amide bonds. The molecular formula is C18H14Cl2N2. The maximum Gasteiger partial charge on any atom is 0.0674 e. The zero-order valence-electron chi connectivity index (χ0n) is 12.0. The smallest absolute Gasteiger partial charge is 0.0674 e. The van der Waals surface area contributed by atoms with Crippen LogP contribution in [0.25, 0.3) is 5.69 Å². The molecular weight excluding hydrogens is 315 g/mol. The fourth-order valence-electron chi connectivity index (χ4n) is 2.21. The number of hydrogen-bond acceptors (Lipinski definition) is 1. The van der Waals surface area contributed by atoms with E-state index in [1.54, 1.807) is 0 Å². The molecule has 0 fully saturated rings. The maximum absolute atomic E-state index is 6.12. The van der Waals surface area contributed by atoms with Gasteiger partial charge in [-0.1, -0.05) is 29.3 Å². The van der Waals surface area contributed by atoms with Crippen molar-refractivity contribution in [1.29, 1.82) is 0 Å². The Morgan fingerprint density at radius 2 is 1.73 bits per heavy atom. The third-order valence-electron chi connectivity index (χ3n) is 3.46. The van der Waals surface area contributed by atoms with Gasteiger partial charge in [0.15, 0.2) is 0 Å². The van der Waals surface area contributed by atoms with Crippen LogP contribution in [0.4, 0.5) is 5.69 Å². The second-order valence-corrected chi connectivity index (χ2v) is 5.77. The average Bonchev–Trinajstić information content (AvgIpc) is 2.98. The summed E-state index contributed by atoms with van der Waals surface area (Å²) in [7, 11) is 0. The molecule has 0 aliphatic heterocycles. The Bertz CT molecular complexity index is 817. The van der Waals surface area contributed by atoms with Gasteiger partial charge in [0, 0.05) is 21.9 Å². The summed E-state index contributed by atoms with van der Waals surface area (Å²) in [6.07, 6.45) is 3.84. The van der Waals surface area contributed by atoms with Gasteiger partial charge in [-0.15, -0.1) is 0 Å². The monoisotopic (exact) mass is 328 g/mol. The summed E-state index contributed by atoms with van der Waals surface area (Å²) in [5.41, 5.74) is 3.88. The van der Waals surface area contributed by atoms with Crippen molar-refractivity contribution in [1.82, 2.24) is 4.57 Å². The number of hydrogen-bond donors (Lipinski definition) is 0. The Hall–Kier alpha value is -2.03. The van der Waals surface area contributed by atoms with Gasteiger partial charge in [-0.05, 0) is 61.0 Å². The highest BCUT2D eigenvalue weighted by molar-refractivity contribution is 6.31. The summed E-state index contributed by atoms with van der Waals surface area (Å²) >= 11 is 12.1. The van der Waals surface area contributed by atoms with Gasteiger partial charge in [-0.25, -0.2) is 0 Å². The van der Waals surface area contributed by atoms with E-state index in [2.05, 4.69) is 9.56 Å². The van der Waals surface area contributed by atoms with Crippen molar-refractivity contribution >= 4 is 35.1 Å². The van der Waals surface area contributed by atoms with Crippen LogP contribution in [0.5, 0.6) is 0 Å². The van der Waals surface area contributed by atoms with Crippen LogP contribution in [0.2, 0.25) is 10.0 Å². The molecule has 0 radical (unpaired) electrons. The van der Waals surface area contributed by atoms with E-state index in [0.717, 1.165) is 32.7 Å². The molecule has 3 aromatic rings. The lowest BCUT2D eigenvalue weighted by molar-refractivity contribution is 1.07. The third-order valence-corrected chi connectivity index (χ3v) is 4.12. The average molecular weight is 329 g/mol. The first kappa shape index (κ1) is 14.9. The fraction of sp³-hybridized carbons (Fsp3) is 0.0556. The van der Waals surface area contributed by atoms with Crippen molar-refractivity contribution in [3.8, 4) is 5.69 Å². The second kappa shape index (κ2) is 6.39. The van der Waals surface area contributed by atoms with E-state index in [1.807, 2.05) is 73.9 Å². The van der Waals surface area contributed by atoms with Crippen LogP contribution in [-0.2, 0) is 0 Å².